The van der Waals surface area contributed by atoms with Gasteiger partial charge in [-0.3, -0.25) is 9.59 Å². The van der Waals surface area contributed by atoms with E-state index in [2.05, 4.69) is 54.5 Å². The lowest BCUT2D eigenvalue weighted by molar-refractivity contribution is -0.207. The minimum atomic E-state index is -0.565. The van der Waals surface area contributed by atoms with Crippen molar-refractivity contribution in [3.63, 3.8) is 0 Å². The van der Waals surface area contributed by atoms with Crippen LogP contribution in [0.4, 0.5) is 0 Å². The van der Waals surface area contributed by atoms with Gasteiger partial charge < -0.3 is 9.84 Å². The van der Waals surface area contributed by atoms with Crippen LogP contribution in [0.15, 0.2) is 11.6 Å². The van der Waals surface area contributed by atoms with Crippen molar-refractivity contribution < 1.29 is 19.4 Å². The van der Waals surface area contributed by atoms with E-state index in [0.717, 1.165) is 44.9 Å². The van der Waals surface area contributed by atoms with Crippen LogP contribution in [0.3, 0.4) is 0 Å². The Morgan fingerprint density at radius 3 is 2.28 bits per heavy atom. The molecule has 1 unspecified atom stereocenters. The molecule has 0 aromatic carbocycles. The Hall–Kier alpha value is -1.16. The number of allylic oxidation sites excluding steroid dienone is 2. The van der Waals surface area contributed by atoms with Crippen molar-refractivity contribution in [2.24, 2.45) is 56.7 Å². The summed E-state index contributed by atoms with van der Waals surface area (Å²) in [4.78, 5) is 25.5. The van der Waals surface area contributed by atoms with Crippen molar-refractivity contribution >= 4 is 11.9 Å². The van der Waals surface area contributed by atoms with Gasteiger partial charge in [-0.15, -0.1) is 0 Å². The molecule has 4 nitrogen and oxygen atoms in total. The van der Waals surface area contributed by atoms with Crippen molar-refractivity contribution in [1.29, 1.82) is 0 Å². The van der Waals surface area contributed by atoms with Crippen molar-refractivity contribution in [2.75, 3.05) is 0 Å². The van der Waals surface area contributed by atoms with Crippen molar-refractivity contribution in [1.82, 2.24) is 0 Å². The average Bonchev–Trinajstić information content (AvgIpc) is 2.79. The Morgan fingerprint density at radius 1 is 0.917 bits per heavy atom. The highest BCUT2D eigenvalue weighted by Gasteiger charge is 2.69. The number of carbonyl (C=O) groups excluding carboxylic acids is 2. The Morgan fingerprint density at radius 2 is 1.61 bits per heavy atom. The van der Waals surface area contributed by atoms with Gasteiger partial charge in [-0.25, -0.2) is 0 Å². The Balaban J connectivity index is 1.60. The summed E-state index contributed by atoms with van der Waals surface area (Å²) in [6, 6.07) is 0. The predicted molar refractivity (Wildman–Crippen MR) is 142 cm³/mol. The van der Waals surface area contributed by atoms with Gasteiger partial charge in [0.1, 0.15) is 0 Å². The van der Waals surface area contributed by atoms with E-state index in [1.807, 2.05) is 0 Å². The first-order chi connectivity index (χ1) is 16.6. The summed E-state index contributed by atoms with van der Waals surface area (Å²) in [5.74, 6) is 1.46. The maximum atomic E-state index is 13.6. The number of rotatable bonds is 1. The first-order valence-corrected chi connectivity index (χ1v) is 14.8. The van der Waals surface area contributed by atoms with E-state index in [0.29, 0.717) is 23.7 Å². The molecule has 0 spiro atoms. The third-order valence-electron chi connectivity index (χ3n) is 13.6. The fraction of sp³-hybridized carbons (Fsp3) is 0.875. The van der Waals surface area contributed by atoms with Gasteiger partial charge in [0.05, 0.1) is 11.5 Å². The zero-order valence-electron chi connectivity index (χ0n) is 24.1. The van der Waals surface area contributed by atoms with Crippen LogP contribution in [-0.2, 0) is 14.3 Å². The normalized spacial score (nSPS) is 51.5. The second kappa shape index (κ2) is 8.17. The number of fused-ring (bicyclic) bond motifs is 7. The third kappa shape index (κ3) is 3.21. The second-order valence-corrected chi connectivity index (χ2v) is 15.1. The summed E-state index contributed by atoms with van der Waals surface area (Å²) in [7, 11) is 0. The molecule has 0 aromatic heterocycles. The van der Waals surface area contributed by atoms with Gasteiger partial charge in [0.25, 0.3) is 0 Å². The molecule has 0 radical (unpaired) electrons. The Kier molecular flexibility index (Phi) is 6.00. The smallest absolute Gasteiger partial charge is 0.320 e. The zero-order chi connectivity index (χ0) is 26.5. The number of ether oxygens (including phenoxy) is 1. The van der Waals surface area contributed by atoms with Gasteiger partial charge in [0, 0.05) is 6.92 Å². The highest BCUT2D eigenvalue weighted by Crippen LogP contribution is 2.75. The Bertz CT molecular complexity index is 981. The van der Waals surface area contributed by atoms with E-state index in [9.17, 15) is 14.7 Å². The van der Waals surface area contributed by atoms with E-state index < -0.39 is 11.4 Å². The van der Waals surface area contributed by atoms with E-state index in [1.54, 1.807) is 0 Å². The molecule has 4 fully saturated rings. The van der Waals surface area contributed by atoms with Gasteiger partial charge in [-0.2, -0.15) is 0 Å². The maximum Gasteiger partial charge on any atom is 0.320 e. The fourth-order valence-corrected chi connectivity index (χ4v) is 11.1. The van der Waals surface area contributed by atoms with E-state index >= 15 is 0 Å². The molecule has 5 aliphatic rings. The van der Waals surface area contributed by atoms with Gasteiger partial charge >= 0.3 is 11.9 Å². The monoisotopic (exact) mass is 498 g/mol. The summed E-state index contributed by atoms with van der Waals surface area (Å²) in [5.41, 5.74) is 1.31. The lowest BCUT2D eigenvalue weighted by Gasteiger charge is -2.71. The molecule has 0 aromatic rings. The zero-order valence-corrected chi connectivity index (χ0v) is 24.1. The fourth-order valence-electron chi connectivity index (χ4n) is 11.1. The molecular formula is C32H50O4. The highest BCUT2D eigenvalue weighted by atomic mass is 16.6. The lowest BCUT2D eigenvalue weighted by atomic mass is 9.33. The van der Waals surface area contributed by atoms with E-state index in [1.165, 1.54) is 25.3 Å². The molecule has 0 heterocycles. The van der Waals surface area contributed by atoms with Crippen LogP contribution in [0.2, 0.25) is 0 Å². The molecule has 0 bridgehead atoms. The first-order valence-electron chi connectivity index (χ1n) is 14.8. The number of esters is 2. The largest absolute Gasteiger partial charge is 0.393 e. The predicted octanol–water partition coefficient (Wildman–Crippen LogP) is 7.09. The standard InChI is InChI=1S/C32H50O4/c1-19-11-16-32(27(35)36-21(3)33)18-17-30(7)22(26(32)20(19)2)9-10-24-29(6)14-13-25(34)28(4,5)23(29)12-15-31(24,30)8/h9,19-20,23-26,34H,10-18H2,1-8H3/t19-,20+,23?,24-,25+,26+,29+,30-,31-,32+/m1/s1. The molecule has 202 valence electrons. The van der Waals surface area contributed by atoms with Crippen LogP contribution in [0.1, 0.15) is 113 Å². The second-order valence-electron chi connectivity index (χ2n) is 15.1. The number of aliphatic hydroxyl groups excluding tert-OH is 1. The van der Waals surface area contributed by atoms with Crippen LogP contribution in [-0.4, -0.2) is 23.1 Å². The average molecular weight is 499 g/mol. The number of hydrogen-bond acceptors (Lipinski definition) is 4. The van der Waals surface area contributed by atoms with Crippen LogP contribution in [0, 0.1) is 56.7 Å². The molecule has 36 heavy (non-hydrogen) atoms. The van der Waals surface area contributed by atoms with Crippen LogP contribution in [0.25, 0.3) is 0 Å². The minimum absolute atomic E-state index is 0.0418. The molecule has 4 saturated carbocycles. The highest BCUT2D eigenvalue weighted by molar-refractivity contribution is 5.88. The van der Waals surface area contributed by atoms with Crippen LogP contribution >= 0.6 is 0 Å². The molecule has 5 rings (SSSR count). The van der Waals surface area contributed by atoms with E-state index in [4.69, 9.17) is 4.74 Å². The first kappa shape index (κ1) is 26.4. The van der Waals surface area contributed by atoms with Crippen molar-refractivity contribution in [2.45, 2.75) is 119 Å². The van der Waals surface area contributed by atoms with Crippen LogP contribution in [0.5, 0.6) is 0 Å². The topological polar surface area (TPSA) is 63.6 Å². The summed E-state index contributed by atoms with van der Waals surface area (Å²) in [6.45, 7) is 18.3. The summed E-state index contributed by atoms with van der Waals surface area (Å²) < 4.78 is 5.37. The summed E-state index contributed by atoms with van der Waals surface area (Å²) in [5, 5.41) is 10.9. The molecule has 5 aliphatic carbocycles. The Labute approximate surface area is 219 Å². The lowest BCUT2D eigenvalue weighted by Crippen LogP contribution is -2.65. The number of aliphatic hydroxyl groups is 1. The van der Waals surface area contributed by atoms with Gasteiger partial charge in [-0.1, -0.05) is 60.1 Å². The summed E-state index contributed by atoms with van der Waals surface area (Å²) >= 11 is 0. The van der Waals surface area contributed by atoms with Gasteiger partial charge in [0.15, 0.2) is 0 Å². The minimum Gasteiger partial charge on any atom is -0.393 e. The van der Waals surface area contributed by atoms with E-state index in [-0.39, 0.29) is 39.7 Å². The molecule has 10 atom stereocenters. The molecular weight excluding hydrogens is 448 g/mol. The molecule has 1 N–H and O–H groups in total. The van der Waals surface area contributed by atoms with Crippen LogP contribution < -0.4 is 0 Å². The molecule has 4 heteroatoms. The number of hydrogen-bond donors (Lipinski definition) is 1. The van der Waals surface area contributed by atoms with Crippen molar-refractivity contribution in [3.8, 4) is 0 Å². The molecule has 0 saturated heterocycles. The number of carbonyl (C=O) groups is 2. The van der Waals surface area contributed by atoms with Gasteiger partial charge in [-0.05, 0) is 109 Å². The quantitative estimate of drug-likeness (QED) is 0.238. The molecule has 0 amide bonds. The van der Waals surface area contributed by atoms with Gasteiger partial charge in [0.2, 0.25) is 0 Å². The SMILES string of the molecule is CC(=O)OC(=O)[C@]12CC[C@@H](C)[C@H](C)[C@H]1C1=CC[C@@H]3[C@@]4(C)CC[C@H](O)C(C)(C)C4CC[C@@]3(C)[C@]1(C)CC2. The summed E-state index contributed by atoms with van der Waals surface area (Å²) in [6.07, 6.45) is 11.4. The van der Waals surface area contributed by atoms with Crippen molar-refractivity contribution in [3.05, 3.63) is 11.6 Å². The third-order valence-corrected chi connectivity index (χ3v) is 13.6. The maximum absolute atomic E-state index is 13.6. The molecule has 0 aliphatic heterocycles.